The summed E-state index contributed by atoms with van der Waals surface area (Å²) >= 11 is 1.74. The van der Waals surface area contributed by atoms with Crippen LogP contribution in [0.15, 0.2) is 35.7 Å². The van der Waals surface area contributed by atoms with Gasteiger partial charge in [0.15, 0.2) is 0 Å². The lowest BCUT2D eigenvalue weighted by molar-refractivity contribution is -0.135. The number of fused-ring (bicyclic) bond motifs is 1. The van der Waals surface area contributed by atoms with E-state index in [0.29, 0.717) is 25.6 Å². The standard InChI is InChI=1S/C26H37N3O3S/c1-6-19(5)29(26(31)27-7-2)16-25(30)28-14-12-24-22(13-15-33-24)23(28)17-32-21-10-8-20(9-11-21)18(3)4/h8-11,13,15,18-19,23H,6-7,12,14,16-17H2,1-5H3,(H,27,31)/t19-,23-/m0/s1. The molecule has 0 spiro atoms. The Balaban J connectivity index is 1.76. The highest BCUT2D eigenvalue weighted by molar-refractivity contribution is 7.10. The summed E-state index contributed by atoms with van der Waals surface area (Å²) in [7, 11) is 0. The van der Waals surface area contributed by atoms with E-state index in [4.69, 9.17) is 4.74 Å². The predicted molar refractivity (Wildman–Crippen MR) is 134 cm³/mol. The van der Waals surface area contributed by atoms with Gasteiger partial charge in [0, 0.05) is 24.0 Å². The Bertz CT molecular complexity index is 925. The Hall–Kier alpha value is -2.54. The maximum Gasteiger partial charge on any atom is 0.318 e. The molecule has 1 aromatic carbocycles. The van der Waals surface area contributed by atoms with E-state index in [1.807, 2.05) is 37.8 Å². The molecule has 0 radical (unpaired) electrons. The second kappa shape index (κ2) is 11.5. The summed E-state index contributed by atoms with van der Waals surface area (Å²) in [5, 5.41) is 4.93. The molecule has 3 rings (SSSR count). The fraction of sp³-hybridized carbons (Fsp3) is 0.538. The van der Waals surface area contributed by atoms with Crippen LogP contribution in [0, 0.1) is 0 Å². The molecule has 1 N–H and O–H groups in total. The van der Waals surface area contributed by atoms with Gasteiger partial charge < -0.3 is 19.9 Å². The number of thiophene rings is 1. The monoisotopic (exact) mass is 471 g/mol. The zero-order valence-corrected chi connectivity index (χ0v) is 21.3. The van der Waals surface area contributed by atoms with Crippen molar-refractivity contribution in [3.05, 3.63) is 51.7 Å². The molecule has 6 nitrogen and oxygen atoms in total. The maximum atomic E-state index is 13.5. The SMILES string of the molecule is CCNC(=O)N(CC(=O)N1CCc2sccc2[C@@H]1COc1ccc(C(C)C)cc1)[C@@H](C)CC. The summed E-state index contributed by atoms with van der Waals surface area (Å²) in [4.78, 5) is 30.9. The molecule has 33 heavy (non-hydrogen) atoms. The molecular weight excluding hydrogens is 434 g/mol. The molecule has 0 saturated carbocycles. The molecule has 2 heterocycles. The minimum absolute atomic E-state index is 0.0174. The number of benzene rings is 1. The zero-order chi connectivity index (χ0) is 24.0. The molecule has 0 saturated heterocycles. The lowest BCUT2D eigenvalue weighted by Gasteiger charge is -2.38. The van der Waals surface area contributed by atoms with Crippen LogP contribution in [0.5, 0.6) is 5.75 Å². The number of nitrogens with zero attached hydrogens (tertiary/aromatic N) is 2. The van der Waals surface area contributed by atoms with E-state index in [2.05, 4.69) is 42.7 Å². The number of amides is 3. The van der Waals surface area contributed by atoms with Crippen LogP contribution in [0.1, 0.15) is 69.0 Å². The summed E-state index contributed by atoms with van der Waals surface area (Å²) in [5.41, 5.74) is 2.43. The Morgan fingerprint density at radius 1 is 1.18 bits per heavy atom. The molecule has 0 bridgehead atoms. The summed E-state index contributed by atoms with van der Waals surface area (Å²) in [6.45, 7) is 11.9. The Morgan fingerprint density at radius 3 is 2.55 bits per heavy atom. The molecular formula is C26H37N3O3S. The van der Waals surface area contributed by atoms with Gasteiger partial charge in [0.2, 0.25) is 5.91 Å². The molecule has 1 aliphatic heterocycles. The van der Waals surface area contributed by atoms with Crippen LogP contribution >= 0.6 is 11.3 Å². The molecule has 0 fully saturated rings. The van der Waals surface area contributed by atoms with Crippen LogP contribution in [0.25, 0.3) is 0 Å². The molecule has 2 atom stereocenters. The van der Waals surface area contributed by atoms with E-state index in [0.717, 1.165) is 24.2 Å². The van der Waals surface area contributed by atoms with Gasteiger partial charge in [-0.1, -0.05) is 32.9 Å². The van der Waals surface area contributed by atoms with Gasteiger partial charge >= 0.3 is 6.03 Å². The maximum absolute atomic E-state index is 13.5. The fourth-order valence-corrected chi connectivity index (χ4v) is 5.06. The number of carbonyl (C=O) groups is 2. The molecule has 1 aromatic heterocycles. The van der Waals surface area contributed by atoms with Crippen molar-refractivity contribution < 1.29 is 14.3 Å². The van der Waals surface area contributed by atoms with Crippen molar-refractivity contribution in [1.29, 1.82) is 0 Å². The number of carbonyl (C=O) groups excluding carboxylic acids is 2. The van der Waals surface area contributed by atoms with Crippen molar-refractivity contribution >= 4 is 23.3 Å². The van der Waals surface area contributed by atoms with Gasteiger partial charge in [0.25, 0.3) is 0 Å². The van der Waals surface area contributed by atoms with Crippen molar-refractivity contribution in [3.63, 3.8) is 0 Å². The summed E-state index contributed by atoms with van der Waals surface area (Å²) < 4.78 is 6.16. The zero-order valence-electron chi connectivity index (χ0n) is 20.5. The van der Waals surface area contributed by atoms with Crippen LogP contribution < -0.4 is 10.1 Å². The molecule has 180 valence electrons. The molecule has 1 aliphatic rings. The second-order valence-corrected chi connectivity index (χ2v) is 9.91. The fourth-order valence-electron chi connectivity index (χ4n) is 4.14. The summed E-state index contributed by atoms with van der Waals surface area (Å²) in [5.74, 6) is 1.23. The number of rotatable bonds is 9. The third kappa shape index (κ3) is 6.08. The first-order chi connectivity index (χ1) is 15.8. The average molecular weight is 472 g/mol. The van der Waals surface area contributed by atoms with Gasteiger partial charge in [-0.3, -0.25) is 4.79 Å². The first kappa shape index (κ1) is 25.1. The number of ether oxygens (including phenoxy) is 1. The van der Waals surface area contributed by atoms with Gasteiger partial charge in [0.05, 0.1) is 6.04 Å². The first-order valence-corrected chi connectivity index (χ1v) is 12.9. The first-order valence-electron chi connectivity index (χ1n) is 12.0. The Labute approximate surface area is 201 Å². The van der Waals surface area contributed by atoms with Crippen molar-refractivity contribution in [3.8, 4) is 5.75 Å². The van der Waals surface area contributed by atoms with E-state index in [-0.39, 0.29) is 30.6 Å². The quantitative estimate of drug-likeness (QED) is 0.546. The van der Waals surface area contributed by atoms with Crippen LogP contribution in [-0.4, -0.2) is 54.0 Å². The van der Waals surface area contributed by atoms with Crippen molar-refractivity contribution in [2.75, 3.05) is 26.2 Å². The van der Waals surface area contributed by atoms with Crippen LogP contribution in [0.3, 0.4) is 0 Å². The number of nitrogens with one attached hydrogen (secondary N) is 1. The van der Waals surface area contributed by atoms with Gasteiger partial charge in [-0.05, 0) is 67.3 Å². The normalized spacial score (nSPS) is 16.3. The van der Waals surface area contributed by atoms with Gasteiger partial charge in [-0.2, -0.15) is 0 Å². The Kier molecular flexibility index (Phi) is 8.78. The second-order valence-electron chi connectivity index (χ2n) is 8.91. The van der Waals surface area contributed by atoms with Gasteiger partial charge in [-0.15, -0.1) is 11.3 Å². The largest absolute Gasteiger partial charge is 0.491 e. The van der Waals surface area contributed by atoms with E-state index in [9.17, 15) is 9.59 Å². The van der Waals surface area contributed by atoms with Crippen molar-refractivity contribution in [1.82, 2.24) is 15.1 Å². The lowest BCUT2D eigenvalue weighted by atomic mass is 10.00. The molecule has 2 aromatic rings. The van der Waals surface area contributed by atoms with E-state index in [1.165, 1.54) is 10.4 Å². The highest BCUT2D eigenvalue weighted by Crippen LogP contribution is 2.34. The van der Waals surface area contributed by atoms with Crippen molar-refractivity contribution in [2.45, 2.75) is 65.5 Å². The number of urea groups is 1. The number of hydrogen-bond donors (Lipinski definition) is 1. The predicted octanol–water partition coefficient (Wildman–Crippen LogP) is 5.21. The highest BCUT2D eigenvalue weighted by Gasteiger charge is 2.34. The summed E-state index contributed by atoms with van der Waals surface area (Å²) in [6.07, 6.45) is 1.63. The minimum Gasteiger partial charge on any atom is -0.491 e. The molecule has 7 heteroatoms. The smallest absolute Gasteiger partial charge is 0.318 e. The minimum atomic E-state index is -0.188. The topological polar surface area (TPSA) is 61.9 Å². The number of hydrogen-bond acceptors (Lipinski definition) is 4. The molecule has 0 aliphatic carbocycles. The van der Waals surface area contributed by atoms with Gasteiger partial charge in [0.1, 0.15) is 18.9 Å². The Morgan fingerprint density at radius 2 is 1.91 bits per heavy atom. The van der Waals surface area contributed by atoms with Crippen LogP contribution in [0.4, 0.5) is 4.79 Å². The third-order valence-corrected chi connectivity index (χ3v) is 7.38. The van der Waals surface area contributed by atoms with Crippen LogP contribution in [0.2, 0.25) is 0 Å². The molecule has 3 amide bonds. The lowest BCUT2D eigenvalue weighted by Crippen LogP contribution is -2.52. The van der Waals surface area contributed by atoms with Crippen LogP contribution in [-0.2, 0) is 11.2 Å². The van der Waals surface area contributed by atoms with E-state index in [1.54, 1.807) is 16.2 Å². The summed E-state index contributed by atoms with van der Waals surface area (Å²) in [6, 6.07) is 9.92. The van der Waals surface area contributed by atoms with E-state index < -0.39 is 0 Å². The highest BCUT2D eigenvalue weighted by atomic mass is 32.1. The van der Waals surface area contributed by atoms with E-state index >= 15 is 0 Å². The average Bonchev–Trinajstić information content (AvgIpc) is 3.29. The van der Waals surface area contributed by atoms with Crippen molar-refractivity contribution in [2.24, 2.45) is 0 Å². The third-order valence-electron chi connectivity index (χ3n) is 6.39. The van der Waals surface area contributed by atoms with Gasteiger partial charge in [-0.25, -0.2) is 4.79 Å². The molecule has 0 unspecified atom stereocenters.